The van der Waals surface area contributed by atoms with Crippen LogP contribution in [0.1, 0.15) is 27.7 Å². The minimum absolute atomic E-state index is 0.000000000000000222. The van der Waals surface area contributed by atoms with Crippen molar-refractivity contribution in [2.24, 2.45) is 11.8 Å². The van der Waals surface area contributed by atoms with Gasteiger partial charge in [-0.25, -0.2) is 0 Å². The highest BCUT2D eigenvalue weighted by Crippen LogP contribution is 2.18. The Bertz CT molecular complexity index is 68.2. The van der Waals surface area contributed by atoms with Gasteiger partial charge < -0.3 is 10.2 Å². The molecule has 0 amide bonds. The van der Waals surface area contributed by atoms with Crippen molar-refractivity contribution in [1.29, 1.82) is 0 Å². The Morgan fingerprint density at radius 3 is 1.10 bits per heavy atom. The summed E-state index contributed by atoms with van der Waals surface area (Å²) >= 11 is 0. The molecule has 0 aliphatic rings. The Balaban J connectivity index is 3.98. The first kappa shape index (κ1) is 9.92. The zero-order valence-corrected chi connectivity index (χ0v) is 7.20. The van der Waals surface area contributed by atoms with Gasteiger partial charge in [-0.3, -0.25) is 0 Å². The molecular weight excluding hydrogens is 128 g/mol. The van der Waals surface area contributed by atoms with E-state index in [0.717, 1.165) is 0 Å². The van der Waals surface area contributed by atoms with Crippen molar-refractivity contribution in [3.05, 3.63) is 0 Å². The molecule has 2 atom stereocenters. The number of rotatable bonds is 3. The van der Waals surface area contributed by atoms with Crippen LogP contribution in [0, 0.1) is 11.8 Å². The Morgan fingerprint density at radius 2 is 1.10 bits per heavy atom. The lowest BCUT2D eigenvalue weighted by Crippen LogP contribution is -2.31. The molecule has 0 saturated carbocycles. The summed E-state index contributed by atoms with van der Waals surface area (Å²) in [5, 5.41) is 18.4. The molecule has 2 unspecified atom stereocenters. The van der Waals surface area contributed by atoms with Gasteiger partial charge >= 0.3 is 0 Å². The van der Waals surface area contributed by atoms with Crippen LogP contribution in [-0.2, 0) is 0 Å². The second-order valence-corrected chi connectivity index (χ2v) is 3.30. The van der Waals surface area contributed by atoms with Crippen molar-refractivity contribution >= 4 is 0 Å². The van der Waals surface area contributed by atoms with Crippen molar-refractivity contribution in [2.45, 2.75) is 39.9 Å². The molecule has 0 heterocycles. The summed E-state index contributed by atoms with van der Waals surface area (Å²) in [5.41, 5.74) is 0. The van der Waals surface area contributed by atoms with E-state index in [1.165, 1.54) is 0 Å². The van der Waals surface area contributed by atoms with Gasteiger partial charge in [-0.15, -0.1) is 0 Å². The number of aliphatic hydroxyl groups is 2. The minimum Gasteiger partial charge on any atom is -0.393 e. The summed E-state index contributed by atoms with van der Waals surface area (Å²) in [7, 11) is 0. The maximum Gasteiger partial charge on any atom is 0.0567 e. The van der Waals surface area contributed by atoms with Gasteiger partial charge in [0, 0.05) is 5.92 Å². The van der Waals surface area contributed by atoms with E-state index in [2.05, 4.69) is 0 Å². The molecule has 0 aromatic heterocycles. The summed E-state index contributed by atoms with van der Waals surface area (Å²) in [6, 6.07) is 0. The first-order chi connectivity index (χ1) is 4.46. The van der Waals surface area contributed by atoms with Crippen LogP contribution in [0.25, 0.3) is 0 Å². The van der Waals surface area contributed by atoms with Gasteiger partial charge in [-0.2, -0.15) is 0 Å². The van der Waals surface area contributed by atoms with Crippen LogP contribution in [0.5, 0.6) is 0 Å². The number of aliphatic hydroxyl groups excluding tert-OH is 2. The Labute approximate surface area is 62.9 Å². The van der Waals surface area contributed by atoms with Gasteiger partial charge in [0.25, 0.3) is 0 Å². The molecule has 0 fully saturated rings. The van der Waals surface area contributed by atoms with Crippen LogP contribution in [-0.4, -0.2) is 22.4 Å². The molecule has 2 heteroatoms. The average molecular weight is 146 g/mol. The number of hydrogen-bond donors (Lipinski definition) is 2. The van der Waals surface area contributed by atoms with Gasteiger partial charge in [0.1, 0.15) is 0 Å². The summed E-state index contributed by atoms with van der Waals surface area (Å²) in [4.78, 5) is 0. The largest absolute Gasteiger partial charge is 0.393 e. The molecule has 0 aliphatic carbocycles. The molecule has 0 radical (unpaired) electrons. The molecule has 0 saturated heterocycles. The van der Waals surface area contributed by atoms with E-state index in [0.29, 0.717) is 5.92 Å². The van der Waals surface area contributed by atoms with Crippen LogP contribution >= 0.6 is 0 Å². The van der Waals surface area contributed by atoms with E-state index in [4.69, 9.17) is 0 Å². The smallest absolute Gasteiger partial charge is 0.0567 e. The lowest BCUT2D eigenvalue weighted by Gasteiger charge is -2.26. The lowest BCUT2D eigenvalue weighted by atomic mass is 9.87. The molecule has 2 N–H and O–H groups in total. The molecule has 0 aromatic carbocycles. The van der Waals surface area contributed by atoms with Crippen molar-refractivity contribution in [3.8, 4) is 0 Å². The first-order valence-corrected chi connectivity index (χ1v) is 3.83. The van der Waals surface area contributed by atoms with Crippen molar-refractivity contribution < 1.29 is 10.2 Å². The topological polar surface area (TPSA) is 40.5 Å². The zero-order valence-electron chi connectivity index (χ0n) is 7.20. The monoisotopic (exact) mass is 146 g/mol. The summed E-state index contributed by atoms with van der Waals surface area (Å²) < 4.78 is 0. The normalized spacial score (nSPS) is 20.7. The molecule has 62 valence electrons. The third-order valence-corrected chi connectivity index (χ3v) is 1.88. The van der Waals surface area contributed by atoms with Gasteiger partial charge in [0.15, 0.2) is 0 Å². The molecule has 0 bridgehead atoms. The van der Waals surface area contributed by atoms with Crippen molar-refractivity contribution in [3.63, 3.8) is 0 Å². The standard InChI is InChI=1S/C8H18O2/c1-5(2)8(6(3)9)7(4)10/h5-10H,1-4H3. The first-order valence-electron chi connectivity index (χ1n) is 3.83. The quantitative estimate of drug-likeness (QED) is 0.624. The van der Waals surface area contributed by atoms with E-state index in [-0.39, 0.29) is 5.92 Å². The van der Waals surface area contributed by atoms with Crippen LogP contribution in [0.2, 0.25) is 0 Å². The highest BCUT2D eigenvalue weighted by molar-refractivity contribution is 4.72. The summed E-state index contributed by atoms with van der Waals surface area (Å²) in [5.74, 6) is 0.333. The fourth-order valence-electron chi connectivity index (χ4n) is 1.52. The minimum atomic E-state index is -0.417. The molecule has 0 aliphatic heterocycles. The maximum absolute atomic E-state index is 9.19. The van der Waals surface area contributed by atoms with Crippen LogP contribution < -0.4 is 0 Å². The van der Waals surface area contributed by atoms with E-state index in [1.54, 1.807) is 13.8 Å². The van der Waals surface area contributed by atoms with Gasteiger partial charge in [-0.05, 0) is 19.8 Å². The molecule has 0 aromatic rings. The van der Waals surface area contributed by atoms with Gasteiger partial charge in [0.05, 0.1) is 12.2 Å². The molecular formula is C8H18O2. The fraction of sp³-hybridized carbons (Fsp3) is 1.00. The second-order valence-electron chi connectivity index (χ2n) is 3.30. The third-order valence-electron chi connectivity index (χ3n) is 1.88. The zero-order chi connectivity index (χ0) is 8.31. The average Bonchev–Trinajstić information content (AvgIpc) is 1.59. The van der Waals surface area contributed by atoms with E-state index in [1.807, 2.05) is 13.8 Å². The predicted molar refractivity (Wildman–Crippen MR) is 41.7 cm³/mol. The maximum atomic E-state index is 9.19. The van der Waals surface area contributed by atoms with Crippen molar-refractivity contribution in [1.82, 2.24) is 0 Å². The second kappa shape index (κ2) is 3.94. The predicted octanol–water partition coefficient (Wildman–Crippen LogP) is 1.02. The van der Waals surface area contributed by atoms with E-state index >= 15 is 0 Å². The van der Waals surface area contributed by atoms with Crippen LogP contribution in [0.4, 0.5) is 0 Å². The van der Waals surface area contributed by atoms with E-state index < -0.39 is 12.2 Å². The summed E-state index contributed by atoms with van der Waals surface area (Å²) in [6.07, 6.45) is -0.833. The van der Waals surface area contributed by atoms with Gasteiger partial charge in [0.2, 0.25) is 0 Å². The lowest BCUT2D eigenvalue weighted by molar-refractivity contribution is 0.00696. The van der Waals surface area contributed by atoms with Crippen LogP contribution in [0.15, 0.2) is 0 Å². The van der Waals surface area contributed by atoms with Crippen molar-refractivity contribution in [2.75, 3.05) is 0 Å². The third kappa shape index (κ3) is 2.67. The highest BCUT2D eigenvalue weighted by Gasteiger charge is 2.23. The Hall–Kier alpha value is -0.0800. The SMILES string of the molecule is CC(C)C(C(C)O)C(C)O. The molecule has 2 nitrogen and oxygen atoms in total. The fourth-order valence-corrected chi connectivity index (χ4v) is 1.52. The Morgan fingerprint density at radius 1 is 0.800 bits per heavy atom. The molecule has 0 spiro atoms. The van der Waals surface area contributed by atoms with E-state index in [9.17, 15) is 10.2 Å². The summed E-state index contributed by atoms with van der Waals surface area (Å²) in [6.45, 7) is 7.45. The Kier molecular flexibility index (Phi) is 3.91. The highest BCUT2D eigenvalue weighted by atomic mass is 16.3. The molecule has 10 heavy (non-hydrogen) atoms. The molecule has 0 rings (SSSR count). The number of hydrogen-bond acceptors (Lipinski definition) is 2. The van der Waals surface area contributed by atoms with Crippen LogP contribution in [0.3, 0.4) is 0 Å². The van der Waals surface area contributed by atoms with Gasteiger partial charge in [-0.1, -0.05) is 13.8 Å².